The number of hydrogen-bond donors (Lipinski definition) is 1. The van der Waals surface area contributed by atoms with Crippen LogP contribution in [0.3, 0.4) is 0 Å². The monoisotopic (exact) mass is 271 g/mol. The Balaban J connectivity index is 2.91. The molecule has 0 saturated carbocycles. The van der Waals surface area contributed by atoms with Crippen molar-refractivity contribution in [2.24, 2.45) is 0 Å². The predicted octanol–water partition coefficient (Wildman–Crippen LogP) is 1.75. The van der Waals surface area contributed by atoms with E-state index in [1.54, 1.807) is 4.90 Å². The summed E-state index contributed by atoms with van der Waals surface area (Å²) in [6, 6.07) is 0.0992. The summed E-state index contributed by atoms with van der Waals surface area (Å²) in [5.74, 6) is -0.220. The van der Waals surface area contributed by atoms with Gasteiger partial charge >= 0.3 is 0 Å². The van der Waals surface area contributed by atoms with Gasteiger partial charge < -0.3 is 10.0 Å². The molecule has 0 fully saturated rings. The average molecular weight is 272 g/mol. The Kier molecular flexibility index (Phi) is 6.01. The molecule has 0 unspecified atom stereocenters. The van der Waals surface area contributed by atoms with Crippen LogP contribution in [-0.2, 0) is 0 Å². The highest BCUT2D eigenvalue weighted by Crippen LogP contribution is 2.12. The van der Waals surface area contributed by atoms with Gasteiger partial charge in [0.05, 0.1) is 19.0 Å². The van der Waals surface area contributed by atoms with Crippen LogP contribution in [0.4, 0.5) is 0 Å². The van der Waals surface area contributed by atoms with Crippen molar-refractivity contribution in [2.45, 2.75) is 32.7 Å². The summed E-state index contributed by atoms with van der Waals surface area (Å²) in [7, 11) is 0. The molecule has 5 nitrogen and oxygen atoms in total. The van der Waals surface area contributed by atoms with E-state index in [1.165, 1.54) is 12.4 Å². The molecule has 0 radical (unpaired) electrons. The number of carbonyl (C=O) groups is 1. The molecule has 0 aliphatic carbocycles. The van der Waals surface area contributed by atoms with Gasteiger partial charge in [-0.2, -0.15) is 0 Å². The second-order valence-corrected chi connectivity index (χ2v) is 4.30. The molecule has 6 heteroatoms. The summed E-state index contributed by atoms with van der Waals surface area (Å²) in [5, 5.41) is 9.32. The average Bonchev–Trinajstić information content (AvgIpc) is 2.39. The molecule has 1 N–H and O–H groups in total. The number of nitrogens with zero attached hydrogens (tertiary/aromatic N) is 3. The fourth-order valence-corrected chi connectivity index (χ4v) is 1.95. The number of aliphatic hydroxyl groups excluding tert-OH is 1. The molecule has 1 aromatic heterocycles. The summed E-state index contributed by atoms with van der Waals surface area (Å²) in [4.78, 5) is 21.7. The fourth-order valence-electron chi connectivity index (χ4n) is 1.86. The van der Waals surface area contributed by atoms with Crippen molar-refractivity contribution in [3.05, 3.63) is 23.2 Å². The van der Waals surface area contributed by atoms with Crippen molar-refractivity contribution in [2.75, 3.05) is 13.2 Å². The Bertz CT molecular complexity index is 379. The molecule has 0 aromatic carbocycles. The first kappa shape index (κ1) is 14.9. The van der Waals surface area contributed by atoms with Crippen molar-refractivity contribution in [1.29, 1.82) is 0 Å². The third kappa shape index (κ3) is 3.65. The predicted molar refractivity (Wildman–Crippen MR) is 69.5 cm³/mol. The summed E-state index contributed by atoms with van der Waals surface area (Å²) >= 11 is 5.64. The first-order chi connectivity index (χ1) is 8.63. The van der Waals surface area contributed by atoms with Gasteiger partial charge in [-0.1, -0.05) is 25.4 Å². The summed E-state index contributed by atoms with van der Waals surface area (Å²) in [6.45, 7) is 4.26. The van der Waals surface area contributed by atoms with Crippen molar-refractivity contribution < 1.29 is 9.90 Å². The van der Waals surface area contributed by atoms with Gasteiger partial charge in [-0.25, -0.2) is 9.97 Å². The third-order valence-corrected chi connectivity index (χ3v) is 3.02. The molecule has 0 saturated heterocycles. The maximum absolute atomic E-state index is 12.3. The number of aliphatic hydroxyl groups is 1. The second kappa shape index (κ2) is 7.28. The van der Waals surface area contributed by atoms with E-state index in [2.05, 4.69) is 9.97 Å². The molecule has 100 valence electrons. The van der Waals surface area contributed by atoms with Crippen LogP contribution < -0.4 is 0 Å². The highest BCUT2D eigenvalue weighted by atomic mass is 35.5. The maximum Gasteiger partial charge on any atom is 0.274 e. The zero-order valence-electron chi connectivity index (χ0n) is 10.6. The van der Waals surface area contributed by atoms with E-state index in [1.807, 2.05) is 13.8 Å². The van der Waals surface area contributed by atoms with E-state index in [4.69, 9.17) is 16.7 Å². The van der Waals surface area contributed by atoms with Crippen LogP contribution in [0, 0.1) is 0 Å². The fraction of sp³-hybridized carbons (Fsp3) is 0.583. The Labute approximate surface area is 112 Å². The van der Waals surface area contributed by atoms with Crippen LogP contribution in [-0.4, -0.2) is 45.1 Å². The lowest BCUT2D eigenvalue weighted by Gasteiger charge is -2.29. The molecule has 1 amide bonds. The van der Waals surface area contributed by atoms with Gasteiger partial charge in [-0.05, 0) is 12.8 Å². The molecule has 18 heavy (non-hydrogen) atoms. The van der Waals surface area contributed by atoms with Crippen LogP contribution in [0.15, 0.2) is 12.4 Å². The van der Waals surface area contributed by atoms with E-state index < -0.39 is 0 Å². The standard InChI is InChI=1S/C12H18ClN3O2/c1-3-9(4-2)16(5-6-17)12(18)10-7-15-11(13)8-14-10/h7-9,17H,3-6H2,1-2H3. The Morgan fingerprint density at radius 2 is 2.06 bits per heavy atom. The van der Waals surface area contributed by atoms with E-state index >= 15 is 0 Å². The topological polar surface area (TPSA) is 66.3 Å². The minimum atomic E-state index is -0.220. The molecule has 1 rings (SSSR count). The molecule has 1 heterocycles. The minimum absolute atomic E-state index is 0.0662. The van der Waals surface area contributed by atoms with Crippen LogP contribution in [0.1, 0.15) is 37.2 Å². The van der Waals surface area contributed by atoms with Gasteiger partial charge in [0.25, 0.3) is 5.91 Å². The van der Waals surface area contributed by atoms with Gasteiger partial charge in [-0.15, -0.1) is 0 Å². The first-order valence-corrected chi connectivity index (χ1v) is 6.41. The van der Waals surface area contributed by atoms with Crippen molar-refractivity contribution >= 4 is 17.5 Å². The molecule has 0 aliphatic rings. The SMILES string of the molecule is CCC(CC)N(CCO)C(=O)c1cnc(Cl)cn1. The number of amides is 1. The number of hydrogen-bond acceptors (Lipinski definition) is 4. The lowest BCUT2D eigenvalue weighted by molar-refractivity contribution is 0.0616. The van der Waals surface area contributed by atoms with Gasteiger partial charge in [0.2, 0.25) is 0 Å². The van der Waals surface area contributed by atoms with E-state index in [-0.39, 0.29) is 29.4 Å². The minimum Gasteiger partial charge on any atom is -0.395 e. The molecule has 0 bridgehead atoms. The van der Waals surface area contributed by atoms with Crippen molar-refractivity contribution in [3.8, 4) is 0 Å². The van der Waals surface area contributed by atoms with Gasteiger partial charge in [0.1, 0.15) is 10.8 Å². The van der Waals surface area contributed by atoms with Crippen LogP contribution in [0.2, 0.25) is 5.15 Å². The molecule has 0 spiro atoms. The number of halogens is 1. The zero-order chi connectivity index (χ0) is 13.5. The zero-order valence-corrected chi connectivity index (χ0v) is 11.4. The van der Waals surface area contributed by atoms with Crippen molar-refractivity contribution in [3.63, 3.8) is 0 Å². The molecule has 0 atom stereocenters. The normalized spacial score (nSPS) is 10.7. The van der Waals surface area contributed by atoms with Gasteiger partial charge in [0, 0.05) is 12.6 Å². The smallest absolute Gasteiger partial charge is 0.274 e. The van der Waals surface area contributed by atoms with Gasteiger partial charge in [0.15, 0.2) is 0 Å². The Hall–Kier alpha value is -1.20. The largest absolute Gasteiger partial charge is 0.395 e. The van der Waals surface area contributed by atoms with E-state index in [0.29, 0.717) is 6.54 Å². The lowest BCUT2D eigenvalue weighted by atomic mass is 10.1. The van der Waals surface area contributed by atoms with E-state index in [9.17, 15) is 4.79 Å². The molecule has 1 aromatic rings. The Morgan fingerprint density at radius 3 is 2.50 bits per heavy atom. The molecular weight excluding hydrogens is 254 g/mol. The quantitative estimate of drug-likeness (QED) is 0.856. The number of aromatic nitrogens is 2. The Morgan fingerprint density at radius 1 is 1.39 bits per heavy atom. The van der Waals surface area contributed by atoms with Crippen LogP contribution >= 0.6 is 11.6 Å². The summed E-state index contributed by atoms with van der Waals surface area (Å²) in [6.07, 6.45) is 4.38. The first-order valence-electron chi connectivity index (χ1n) is 6.03. The third-order valence-electron chi connectivity index (χ3n) is 2.82. The summed E-state index contributed by atoms with van der Waals surface area (Å²) < 4.78 is 0. The molecular formula is C12H18ClN3O2. The van der Waals surface area contributed by atoms with E-state index in [0.717, 1.165) is 12.8 Å². The maximum atomic E-state index is 12.3. The van der Waals surface area contributed by atoms with Crippen molar-refractivity contribution in [1.82, 2.24) is 14.9 Å². The second-order valence-electron chi connectivity index (χ2n) is 3.92. The van der Waals surface area contributed by atoms with Crippen LogP contribution in [0.25, 0.3) is 0 Å². The molecule has 0 aliphatic heterocycles. The number of rotatable bonds is 6. The highest BCUT2D eigenvalue weighted by molar-refractivity contribution is 6.29. The number of carbonyl (C=O) groups excluding carboxylic acids is 1. The highest BCUT2D eigenvalue weighted by Gasteiger charge is 2.23. The lowest BCUT2D eigenvalue weighted by Crippen LogP contribution is -2.42. The summed E-state index contributed by atoms with van der Waals surface area (Å²) in [5.41, 5.74) is 0.250. The van der Waals surface area contributed by atoms with Gasteiger partial charge in [-0.3, -0.25) is 4.79 Å². The van der Waals surface area contributed by atoms with Crippen LogP contribution in [0.5, 0.6) is 0 Å².